The first-order chi connectivity index (χ1) is 13.7. The first kappa shape index (κ1) is 21.3. The Morgan fingerprint density at radius 3 is 2.24 bits per heavy atom. The third-order valence-corrected chi connectivity index (χ3v) is 6.69. The van der Waals surface area contributed by atoms with Crippen LogP contribution in [0.15, 0.2) is 53.4 Å². The van der Waals surface area contributed by atoms with E-state index in [1.54, 1.807) is 24.3 Å². The molecule has 8 heteroatoms. The molecule has 1 N–H and O–H groups in total. The van der Waals surface area contributed by atoms with Crippen molar-refractivity contribution in [2.45, 2.75) is 31.1 Å². The molecular formula is C21H24FNO5S. The summed E-state index contributed by atoms with van der Waals surface area (Å²) in [6, 6.07) is 12.5. The summed E-state index contributed by atoms with van der Waals surface area (Å²) in [6.07, 6.45) is 0.401. The molecule has 1 aliphatic heterocycles. The molecule has 1 amide bonds. The van der Waals surface area contributed by atoms with E-state index in [4.69, 9.17) is 4.18 Å². The van der Waals surface area contributed by atoms with Crippen LogP contribution in [0.5, 0.6) is 0 Å². The van der Waals surface area contributed by atoms with Gasteiger partial charge in [0.25, 0.3) is 10.1 Å². The van der Waals surface area contributed by atoms with E-state index in [1.165, 1.54) is 29.2 Å². The Morgan fingerprint density at radius 2 is 1.69 bits per heavy atom. The predicted octanol–water partition coefficient (Wildman–Crippen LogP) is 3.84. The first-order valence-corrected chi connectivity index (χ1v) is 10.8. The second kappa shape index (κ2) is 8.51. The maximum atomic E-state index is 13.2. The summed E-state index contributed by atoms with van der Waals surface area (Å²) in [5.74, 6) is -0.346. The number of carboxylic acid groups (broad SMARTS) is 1. The van der Waals surface area contributed by atoms with E-state index in [0.29, 0.717) is 32.4 Å². The molecule has 0 bridgehead atoms. The zero-order chi connectivity index (χ0) is 21.1. The minimum absolute atomic E-state index is 0.0615. The monoisotopic (exact) mass is 421 g/mol. The lowest BCUT2D eigenvalue weighted by Crippen LogP contribution is -2.45. The number of halogens is 1. The van der Waals surface area contributed by atoms with Crippen molar-refractivity contribution in [1.82, 2.24) is 4.90 Å². The van der Waals surface area contributed by atoms with E-state index in [-0.39, 0.29) is 17.3 Å². The van der Waals surface area contributed by atoms with E-state index >= 15 is 0 Å². The number of aryl methyl sites for hydroxylation is 1. The van der Waals surface area contributed by atoms with Gasteiger partial charge in [-0.2, -0.15) is 8.42 Å². The molecule has 1 heterocycles. The van der Waals surface area contributed by atoms with Gasteiger partial charge in [0.05, 0.1) is 11.5 Å². The molecule has 0 saturated carbocycles. The molecule has 2 aromatic carbocycles. The summed E-state index contributed by atoms with van der Waals surface area (Å²) in [7, 11) is -3.93. The van der Waals surface area contributed by atoms with Crippen molar-refractivity contribution in [2.24, 2.45) is 5.41 Å². The normalized spacial score (nSPS) is 16.6. The predicted molar refractivity (Wildman–Crippen MR) is 106 cm³/mol. The lowest BCUT2D eigenvalue weighted by Gasteiger charge is -2.40. The topological polar surface area (TPSA) is 83.9 Å². The number of nitrogens with zero attached hydrogens (tertiary/aromatic N) is 1. The Morgan fingerprint density at radius 1 is 1.10 bits per heavy atom. The largest absolute Gasteiger partial charge is 0.465 e. The van der Waals surface area contributed by atoms with Crippen LogP contribution in [0.3, 0.4) is 0 Å². The quantitative estimate of drug-likeness (QED) is 0.717. The Bertz CT molecular complexity index is 950. The van der Waals surface area contributed by atoms with Crippen molar-refractivity contribution >= 4 is 16.2 Å². The van der Waals surface area contributed by atoms with Crippen LogP contribution in [0.25, 0.3) is 0 Å². The number of likely N-dealkylation sites (tertiary alicyclic amines) is 1. The molecule has 0 unspecified atom stereocenters. The first-order valence-electron chi connectivity index (χ1n) is 9.38. The summed E-state index contributed by atoms with van der Waals surface area (Å²) < 4.78 is 43.9. The number of amides is 1. The van der Waals surface area contributed by atoms with Gasteiger partial charge in [0.2, 0.25) is 0 Å². The SMILES string of the molecule is Cc1ccc(S(=O)(=O)OCC2(Cc3ccc(F)cc3)CCN(C(=O)O)CC2)cc1. The molecule has 0 aromatic heterocycles. The zero-order valence-electron chi connectivity index (χ0n) is 16.2. The van der Waals surface area contributed by atoms with Crippen molar-refractivity contribution in [1.29, 1.82) is 0 Å². The van der Waals surface area contributed by atoms with Gasteiger partial charge in [0, 0.05) is 18.5 Å². The van der Waals surface area contributed by atoms with Gasteiger partial charge < -0.3 is 10.0 Å². The van der Waals surface area contributed by atoms with Crippen molar-refractivity contribution in [3.05, 3.63) is 65.5 Å². The van der Waals surface area contributed by atoms with Gasteiger partial charge in [-0.25, -0.2) is 9.18 Å². The van der Waals surface area contributed by atoms with Crippen LogP contribution in [-0.4, -0.2) is 44.2 Å². The van der Waals surface area contributed by atoms with Gasteiger partial charge in [0.15, 0.2) is 0 Å². The van der Waals surface area contributed by atoms with Gasteiger partial charge in [-0.3, -0.25) is 4.18 Å². The van der Waals surface area contributed by atoms with Gasteiger partial charge >= 0.3 is 6.09 Å². The van der Waals surface area contributed by atoms with Gasteiger partial charge in [-0.1, -0.05) is 29.8 Å². The van der Waals surface area contributed by atoms with Crippen molar-refractivity contribution in [2.75, 3.05) is 19.7 Å². The van der Waals surface area contributed by atoms with Crippen LogP contribution in [-0.2, 0) is 20.7 Å². The molecule has 29 heavy (non-hydrogen) atoms. The van der Waals surface area contributed by atoms with Gasteiger partial charge in [-0.15, -0.1) is 0 Å². The van der Waals surface area contributed by atoms with Crippen LogP contribution in [0.4, 0.5) is 9.18 Å². The van der Waals surface area contributed by atoms with Crippen molar-refractivity contribution in [3.63, 3.8) is 0 Å². The fourth-order valence-corrected chi connectivity index (χ4v) is 4.57. The standard InChI is InChI=1S/C21H24FNO5S/c1-16-2-8-19(9-3-16)29(26,27)28-15-21(10-12-23(13-11-21)20(24)25)14-17-4-6-18(22)7-5-17/h2-9H,10-15H2,1H3,(H,24,25). The molecule has 0 atom stereocenters. The summed E-state index contributed by atoms with van der Waals surface area (Å²) in [6.45, 7) is 2.40. The lowest BCUT2D eigenvalue weighted by molar-refractivity contribution is 0.0553. The summed E-state index contributed by atoms with van der Waals surface area (Å²) >= 11 is 0. The summed E-state index contributed by atoms with van der Waals surface area (Å²) in [4.78, 5) is 12.7. The highest BCUT2D eigenvalue weighted by Crippen LogP contribution is 2.36. The molecule has 1 saturated heterocycles. The van der Waals surface area contributed by atoms with Crippen LogP contribution >= 0.6 is 0 Å². The van der Waals surface area contributed by atoms with Crippen LogP contribution in [0.2, 0.25) is 0 Å². The number of hydrogen-bond acceptors (Lipinski definition) is 4. The zero-order valence-corrected chi connectivity index (χ0v) is 17.0. The Hall–Kier alpha value is -2.45. The second-order valence-electron chi connectivity index (χ2n) is 7.60. The Labute approximate surface area is 170 Å². The average molecular weight is 421 g/mol. The minimum atomic E-state index is -3.93. The number of benzene rings is 2. The Balaban J connectivity index is 1.78. The smallest absolute Gasteiger partial charge is 0.407 e. The fourth-order valence-electron chi connectivity index (χ4n) is 3.56. The molecule has 156 valence electrons. The van der Waals surface area contributed by atoms with E-state index < -0.39 is 21.6 Å². The number of hydrogen-bond donors (Lipinski definition) is 1. The summed E-state index contributed by atoms with van der Waals surface area (Å²) in [5.41, 5.74) is 1.24. The molecule has 3 rings (SSSR count). The third kappa shape index (κ3) is 5.33. The van der Waals surface area contributed by atoms with Crippen LogP contribution in [0, 0.1) is 18.2 Å². The van der Waals surface area contributed by atoms with E-state index in [9.17, 15) is 22.7 Å². The Kier molecular flexibility index (Phi) is 6.24. The van der Waals surface area contributed by atoms with E-state index in [0.717, 1.165) is 11.1 Å². The lowest BCUT2D eigenvalue weighted by atomic mass is 9.74. The highest BCUT2D eigenvalue weighted by molar-refractivity contribution is 7.86. The second-order valence-corrected chi connectivity index (χ2v) is 9.22. The molecular weight excluding hydrogens is 397 g/mol. The highest BCUT2D eigenvalue weighted by Gasteiger charge is 2.38. The highest BCUT2D eigenvalue weighted by atomic mass is 32.2. The van der Waals surface area contributed by atoms with Gasteiger partial charge in [0.1, 0.15) is 5.82 Å². The molecule has 6 nitrogen and oxygen atoms in total. The maximum absolute atomic E-state index is 13.2. The van der Waals surface area contributed by atoms with Crippen LogP contribution < -0.4 is 0 Å². The van der Waals surface area contributed by atoms with Crippen LogP contribution in [0.1, 0.15) is 24.0 Å². The molecule has 0 aliphatic carbocycles. The average Bonchev–Trinajstić information content (AvgIpc) is 2.69. The molecule has 2 aromatic rings. The molecule has 0 spiro atoms. The van der Waals surface area contributed by atoms with Gasteiger partial charge in [-0.05, 0) is 56.0 Å². The third-order valence-electron chi connectivity index (χ3n) is 5.42. The summed E-state index contributed by atoms with van der Waals surface area (Å²) in [5, 5.41) is 9.22. The minimum Gasteiger partial charge on any atom is -0.465 e. The number of carbonyl (C=O) groups is 1. The van der Waals surface area contributed by atoms with Crippen molar-refractivity contribution < 1.29 is 26.9 Å². The molecule has 1 fully saturated rings. The maximum Gasteiger partial charge on any atom is 0.407 e. The molecule has 1 aliphatic rings. The van der Waals surface area contributed by atoms with E-state index in [2.05, 4.69) is 0 Å². The van der Waals surface area contributed by atoms with Crippen molar-refractivity contribution in [3.8, 4) is 0 Å². The molecule has 0 radical (unpaired) electrons. The van der Waals surface area contributed by atoms with E-state index in [1.807, 2.05) is 6.92 Å². The fraction of sp³-hybridized carbons (Fsp3) is 0.381. The number of rotatable bonds is 6. The number of piperidine rings is 1.